The Kier molecular flexibility index (Phi) is 5.20. The number of fused-ring (bicyclic) bond motifs is 1. The van der Waals surface area contributed by atoms with E-state index in [2.05, 4.69) is 5.32 Å². The lowest BCUT2D eigenvalue weighted by Gasteiger charge is -2.13. The summed E-state index contributed by atoms with van der Waals surface area (Å²) in [4.78, 5) is 35.7. The molecule has 0 aliphatic carbocycles. The third-order valence-corrected chi connectivity index (χ3v) is 3.75. The number of hydrogen-bond acceptors (Lipinski definition) is 3. The highest BCUT2D eigenvalue weighted by Crippen LogP contribution is 2.12. The van der Waals surface area contributed by atoms with Gasteiger partial charge in [0.05, 0.1) is 11.0 Å². The van der Waals surface area contributed by atoms with E-state index in [4.69, 9.17) is 5.11 Å². The smallest absolute Gasteiger partial charge is 0.329 e. The van der Waals surface area contributed by atoms with Gasteiger partial charge >= 0.3 is 11.7 Å². The molecule has 7 heteroatoms. The molecule has 0 aliphatic heterocycles. The van der Waals surface area contributed by atoms with Crippen molar-refractivity contribution in [3.8, 4) is 0 Å². The highest BCUT2D eigenvalue weighted by Gasteiger charge is 2.20. The molecule has 7 nitrogen and oxygen atoms in total. The van der Waals surface area contributed by atoms with E-state index in [9.17, 15) is 14.4 Å². The molecule has 2 N–H and O–H groups in total. The van der Waals surface area contributed by atoms with Crippen molar-refractivity contribution in [1.82, 2.24) is 14.5 Å². The van der Waals surface area contributed by atoms with E-state index in [1.54, 1.807) is 16.7 Å². The van der Waals surface area contributed by atoms with Crippen LogP contribution in [0.15, 0.2) is 29.1 Å². The first-order chi connectivity index (χ1) is 11.0. The second kappa shape index (κ2) is 7.13. The maximum absolute atomic E-state index is 12.4. The van der Waals surface area contributed by atoms with Gasteiger partial charge in [0.2, 0.25) is 5.91 Å². The van der Waals surface area contributed by atoms with Crippen LogP contribution in [0.25, 0.3) is 11.0 Å². The number of hydrogen-bond donors (Lipinski definition) is 2. The maximum atomic E-state index is 12.4. The molecule has 0 spiro atoms. The molecule has 0 fully saturated rings. The van der Waals surface area contributed by atoms with Crippen LogP contribution in [-0.2, 0) is 22.7 Å². The molecule has 1 atom stereocenters. The fraction of sp³-hybridized carbons (Fsp3) is 0.438. The Labute approximate surface area is 133 Å². The van der Waals surface area contributed by atoms with Crippen molar-refractivity contribution in [1.29, 1.82) is 0 Å². The molecule has 0 radical (unpaired) electrons. The number of amides is 1. The van der Waals surface area contributed by atoms with Gasteiger partial charge in [-0.25, -0.2) is 9.59 Å². The number of carbonyl (C=O) groups excluding carboxylic acids is 1. The average Bonchev–Trinajstić information content (AvgIpc) is 2.79. The van der Waals surface area contributed by atoms with Crippen molar-refractivity contribution in [2.45, 2.75) is 45.8 Å². The third-order valence-electron chi connectivity index (χ3n) is 3.75. The number of para-hydroxylation sites is 2. The Morgan fingerprint density at radius 3 is 2.30 bits per heavy atom. The topological polar surface area (TPSA) is 93.3 Å². The fourth-order valence-corrected chi connectivity index (χ4v) is 2.66. The fourth-order valence-electron chi connectivity index (χ4n) is 2.66. The average molecular weight is 319 g/mol. The summed E-state index contributed by atoms with van der Waals surface area (Å²) >= 11 is 0. The standard InChI is InChI=1S/C16H21N3O4/c1-3-7-11(15(21)22)17-14(20)10-19-13-9-6-5-8-12(13)18(4-2)16(19)23/h5-6,8-9,11H,3-4,7,10H2,1-2H3,(H,17,20)(H,21,22). The summed E-state index contributed by atoms with van der Waals surface area (Å²) in [5.41, 5.74) is 1.15. The van der Waals surface area contributed by atoms with Crippen LogP contribution < -0.4 is 11.0 Å². The number of nitrogens with zero attached hydrogens (tertiary/aromatic N) is 2. The summed E-state index contributed by atoms with van der Waals surface area (Å²) in [6.45, 7) is 4.02. The molecule has 0 saturated heterocycles. The van der Waals surface area contributed by atoms with Crippen LogP contribution in [0.2, 0.25) is 0 Å². The first-order valence-electron chi connectivity index (χ1n) is 7.69. The first kappa shape index (κ1) is 16.8. The van der Waals surface area contributed by atoms with Gasteiger partial charge in [0.25, 0.3) is 0 Å². The van der Waals surface area contributed by atoms with Crippen molar-refractivity contribution in [3.05, 3.63) is 34.7 Å². The molecule has 1 aromatic carbocycles. The van der Waals surface area contributed by atoms with E-state index < -0.39 is 17.9 Å². The molecule has 1 amide bonds. The Balaban J connectivity index is 2.28. The van der Waals surface area contributed by atoms with Crippen molar-refractivity contribution >= 4 is 22.9 Å². The molecule has 1 aromatic heterocycles. The summed E-state index contributed by atoms with van der Waals surface area (Å²) in [5, 5.41) is 11.6. The van der Waals surface area contributed by atoms with Gasteiger partial charge in [-0.15, -0.1) is 0 Å². The number of aliphatic carboxylic acids is 1. The number of benzene rings is 1. The number of rotatable bonds is 7. The maximum Gasteiger partial charge on any atom is 0.329 e. The minimum absolute atomic E-state index is 0.195. The van der Waals surface area contributed by atoms with Crippen LogP contribution >= 0.6 is 0 Å². The lowest BCUT2D eigenvalue weighted by atomic mass is 10.1. The lowest BCUT2D eigenvalue weighted by molar-refractivity contribution is -0.142. The molecule has 1 unspecified atom stereocenters. The van der Waals surface area contributed by atoms with Gasteiger partial charge in [-0.1, -0.05) is 25.5 Å². The van der Waals surface area contributed by atoms with E-state index in [0.717, 1.165) is 5.52 Å². The number of nitrogens with one attached hydrogen (secondary N) is 1. The predicted molar refractivity (Wildman–Crippen MR) is 86.3 cm³/mol. The zero-order chi connectivity index (χ0) is 17.0. The van der Waals surface area contributed by atoms with E-state index in [1.165, 1.54) is 4.57 Å². The number of carboxylic acid groups (broad SMARTS) is 1. The highest BCUT2D eigenvalue weighted by molar-refractivity contribution is 5.85. The Hall–Kier alpha value is -2.57. The second-order valence-corrected chi connectivity index (χ2v) is 5.35. The minimum atomic E-state index is -1.07. The number of aryl methyl sites for hydroxylation is 1. The van der Waals surface area contributed by atoms with Gasteiger partial charge in [-0.05, 0) is 25.5 Å². The van der Waals surface area contributed by atoms with Gasteiger partial charge < -0.3 is 10.4 Å². The van der Waals surface area contributed by atoms with Gasteiger partial charge in [0.15, 0.2) is 0 Å². The summed E-state index contributed by atoms with van der Waals surface area (Å²) in [5.74, 6) is -1.55. The molecule has 0 aliphatic rings. The molecule has 0 bridgehead atoms. The number of carboxylic acids is 1. The summed E-state index contributed by atoms with van der Waals surface area (Å²) in [6, 6.07) is 6.30. The third kappa shape index (κ3) is 3.44. The number of carbonyl (C=O) groups is 2. The van der Waals surface area contributed by atoms with Crippen LogP contribution in [0.3, 0.4) is 0 Å². The zero-order valence-corrected chi connectivity index (χ0v) is 13.3. The molecule has 2 rings (SSSR count). The van der Waals surface area contributed by atoms with Gasteiger partial charge in [-0.2, -0.15) is 0 Å². The molecule has 124 valence electrons. The van der Waals surface area contributed by atoms with Gasteiger partial charge in [0.1, 0.15) is 12.6 Å². The van der Waals surface area contributed by atoms with Crippen molar-refractivity contribution in [2.24, 2.45) is 0 Å². The Morgan fingerprint density at radius 2 is 1.78 bits per heavy atom. The quantitative estimate of drug-likeness (QED) is 0.801. The molecule has 23 heavy (non-hydrogen) atoms. The minimum Gasteiger partial charge on any atom is -0.480 e. The monoisotopic (exact) mass is 319 g/mol. The van der Waals surface area contributed by atoms with E-state index >= 15 is 0 Å². The van der Waals surface area contributed by atoms with Crippen LogP contribution in [-0.4, -0.2) is 32.2 Å². The summed E-state index contributed by atoms with van der Waals surface area (Å²) in [6.07, 6.45) is 0.999. The molecule has 2 aromatic rings. The Bertz CT molecular complexity index is 775. The molecular formula is C16H21N3O4. The zero-order valence-electron chi connectivity index (χ0n) is 13.3. The van der Waals surface area contributed by atoms with Crippen molar-refractivity contribution in [3.63, 3.8) is 0 Å². The Morgan fingerprint density at radius 1 is 1.17 bits per heavy atom. The lowest BCUT2D eigenvalue weighted by Crippen LogP contribution is -2.43. The number of imidazole rings is 1. The molecule has 0 saturated carbocycles. The second-order valence-electron chi connectivity index (χ2n) is 5.35. The van der Waals surface area contributed by atoms with Crippen LogP contribution in [0.5, 0.6) is 0 Å². The summed E-state index contributed by atoms with van der Waals surface area (Å²) < 4.78 is 2.96. The number of aromatic nitrogens is 2. The van der Waals surface area contributed by atoms with Crippen LogP contribution in [0, 0.1) is 0 Å². The molecule has 1 heterocycles. The molecular weight excluding hydrogens is 298 g/mol. The summed E-state index contributed by atoms with van der Waals surface area (Å²) in [7, 11) is 0. The predicted octanol–water partition coefficient (Wildman–Crippen LogP) is 1.19. The van der Waals surface area contributed by atoms with E-state index in [-0.39, 0.29) is 12.2 Å². The van der Waals surface area contributed by atoms with E-state index in [0.29, 0.717) is 24.9 Å². The first-order valence-corrected chi connectivity index (χ1v) is 7.69. The highest BCUT2D eigenvalue weighted by atomic mass is 16.4. The van der Waals surface area contributed by atoms with Gasteiger partial charge in [0, 0.05) is 6.54 Å². The van der Waals surface area contributed by atoms with E-state index in [1.807, 2.05) is 26.0 Å². The van der Waals surface area contributed by atoms with Crippen LogP contribution in [0.4, 0.5) is 0 Å². The van der Waals surface area contributed by atoms with Gasteiger partial charge in [-0.3, -0.25) is 13.9 Å². The largest absolute Gasteiger partial charge is 0.480 e. The van der Waals surface area contributed by atoms with Crippen molar-refractivity contribution < 1.29 is 14.7 Å². The van der Waals surface area contributed by atoms with Crippen molar-refractivity contribution in [2.75, 3.05) is 0 Å². The normalized spacial score (nSPS) is 12.3. The SMILES string of the molecule is CCCC(NC(=O)Cn1c(=O)n(CC)c2ccccc21)C(=O)O. The van der Waals surface area contributed by atoms with Crippen LogP contribution in [0.1, 0.15) is 26.7 Å².